The summed E-state index contributed by atoms with van der Waals surface area (Å²) in [6.45, 7) is 0. The lowest BCUT2D eigenvalue weighted by atomic mass is 10.1. The molecule has 2 aliphatic rings. The van der Waals surface area contributed by atoms with Crippen molar-refractivity contribution in [2.24, 2.45) is 5.92 Å². The molecule has 1 saturated carbocycles. The number of benzene rings is 1. The predicted molar refractivity (Wildman–Crippen MR) is 76.2 cm³/mol. The van der Waals surface area contributed by atoms with Crippen molar-refractivity contribution in [3.63, 3.8) is 0 Å². The first-order valence-corrected chi connectivity index (χ1v) is 7.04. The standard InChI is InChI=1S/C16H15N3O2/c1-21-13-7-6-12(18-19-13)16(20)17-15-11-8-9-4-2-3-5-10(9)14(11)15/h2-7,11,14-15H,8H2,1H3,(H,17,20)/t11-,14+,15-/m1/s1. The summed E-state index contributed by atoms with van der Waals surface area (Å²) in [5, 5.41) is 10.8. The molecule has 0 spiro atoms. The third-order valence-corrected chi connectivity index (χ3v) is 4.42. The van der Waals surface area contributed by atoms with Gasteiger partial charge in [0.25, 0.3) is 5.91 Å². The van der Waals surface area contributed by atoms with Gasteiger partial charge in [-0.3, -0.25) is 4.79 Å². The van der Waals surface area contributed by atoms with E-state index in [0.29, 0.717) is 23.4 Å². The molecule has 106 valence electrons. The molecule has 1 aromatic carbocycles. The van der Waals surface area contributed by atoms with E-state index in [2.05, 4.69) is 39.8 Å². The summed E-state index contributed by atoms with van der Waals surface area (Å²) in [5.41, 5.74) is 3.13. The summed E-state index contributed by atoms with van der Waals surface area (Å²) in [5.74, 6) is 1.25. The van der Waals surface area contributed by atoms with Gasteiger partial charge in [-0.25, -0.2) is 0 Å². The van der Waals surface area contributed by atoms with Crippen molar-refractivity contribution in [3.8, 4) is 5.88 Å². The van der Waals surface area contributed by atoms with Gasteiger partial charge in [0.15, 0.2) is 5.69 Å². The Morgan fingerprint density at radius 1 is 1.24 bits per heavy atom. The number of aromatic nitrogens is 2. The zero-order valence-corrected chi connectivity index (χ0v) is 11.6. The summed E-state index contributed by atoms with van der Waals surface area (Å²) < 4.78 is 4.94. The highest BCUT2D eigenvalue weighted by molar-refractivity contribution is 5.92. The Morgan fingerprint density at radius 3 is 2.86 bits per heavy atom. The number of rotatable bonds is 3. The lowest BCUT2D eigenvalue weighted by molar-refractivity contribution is 0.0942. The molecular weight excluding hydrogens is 266 g/mol. The molecule has 1 heterocycles. The van der Waals surface area contributed by atoms with Crippen molar-refractivity contribution in [1.29, 1.82) is 0 Å². The van der Waals surface area contributed by atoms with E-state index in [1.807, 2.05) is 0 Å². The van der Waals surface area contributed by atoms with Crippen LogP contribution in [0.1, 0.15) is 27.5 Å². The van der Waals surface area contributed by atoms with Gasteiger partial charge in [-0.15, -0.1) is 10.2 Å². The Morgan fingerprint density at radius 2 is 2.10 bits per heavy atom. The first-order chi connectivity index (χ1) is 10.3. The quantitative estimate of drug-likeness (QED) is 0.927. The van der Waals surface area contributed by atoms with Gasteiger partial charge in [0.1, 0.15) is 0 Å². The first-order valence-electron chi connectivity index (χ1n) is 7.04. The fourth-order valence-corrected chi connectivity index (χ4v) is 3.32. The fraction of sp³-hybridized carbons (Fsp3) is 0.312. The number of carbonyl (C=O) groups excluding carboxylic acids is 1. The molecule has 0 aliphatic heterocycles. The van der Waals surface area contributed by atoms with Crippen LogP contribution in [0.4, 0.5) is 0 Å². The van der Waals surface area contributed by atoms with E-state index in [4.69, 9.17) is 4.74 Å². The van der Waals surface area contributed by atoms with E-state index in [9.17, 15) is 4.79 Å². The van der Waals surface area contributed by atoms with Crippen LogP contribution in [-0.4, -0.2) is 29.3 Å². The fourth-order valence-electron chi connectivity index (χ4n) is 3.32. The molecule has 3 atom stereocenters. The zero-order chi connectivity index (χ0) is 14.4. The van der Waals surface area contributed by atoms with Gasteiger partial charge < -0.3 is 10.1 Å². The second-order valence-corrected chi connectivity index (χ2v) is 5.55. The molecule has 21 heavy (non-hydrogen) atoms. The largest absolute Gasteiger partial charge is 0.480 e. The van der Waals surface area contributed by atoms with Crippen LogP contribution in [-0.2, 0) is 6.42 Å². The maximum Gasteiger partial charge on any atom is 0.272 e. The second-order valence-electron chi connectivity index (χ2n) is 5.55. The molecule has 1 fully saturated rings. The highest BCUT2D eigenvalue weighted by atomic mass is 16.5. The van der Waals surface area contributed by atoms with Crippen LogP contribution in [0.15, 0.2) is 36.4 Å². The molecule has 1 N–H and O–H groups in total. The van der Waals surface area contributed by atoms with E-state index in [-0.39, 0.29) is 11.9 Å². The molecule has 1 aromatic heterocycles. The lowest BCUT2D eigenvalue weighted by Gasteiger charge is -2.09. The van der Waals surface area contributed by atoms with Crippen LogP contribution in [0.25, 0.3) is 0 Å². The normalized spacial score (nSPS) is 24.9. The third kappa shape index (κ3) is 1.96. The van der Waals surface area contributed by atoms with Crippen LogP contribution in [0, 0.1) is 5.92 Å². The van der Waals surface area contributed by atoms with Gasteiger partial charge >= 0.3 is 0 Å². The molecule has 2 aromatic rings. The molecule has 0 bridgehead atoms. The molecule has 2 aliphatic carbocycles. The minimum absolute atomic E-state index is 0.165. The monoisotopic (exact) mass is 281 g/mol. The molecule has 5 nitrogen and oxygen atoms in total. The summed E-state index contributed by atoms with van der Waals surface area (Å²) in [6, 6.07) is 12.0. The van der Waals surface area contributed by atoms with E-state index in [1.54, 1.807) is 12.1 Å². The number of fused-ring (bicyclic) bond motifs is 3. The Bertz CT molecular complexity index is 699. The van der Waals surface area contributed by atoms with Gasteiger partial charge in [0, 0.05) is 18.0 Å². The first kappa shape index (κ1) is 12.3. The number of nitrogens with zero attached hydrogens (tertiary/aromatic N) is 2. The number of methoxy groups -OCH3 is 1. The summed E-state index contributed by atoms with van der Waals surface area (Å²) in [6.07, 6.45) is 1.06. The van der Waals surface area contributed by atoms with E-state index >= 15 is 0 Å². The summed E-state index contributed by atoms with van der Waals surface area (Å²) >= 11 is 0. The Hall–Kier alpha value is -2.43. The molecule has 5 heteroatoms. The van der Waals surface area contributed by atoms with Crippen LogP contribution in [0.5, 0.6) is 5.88 Å². The highest BCUT2D eigenvalue weighted by Crippen LogP contribution is 2.56. The minimum atomic E-state index is -0.165. The summed E-state index contributed by atoms with van der Waals surface area (Å²) in [4.78, 5) is 12.2. The van der Waals surface area contributed by atoms with Crippen molar-refractivity contribution >= 4 is 5.91 Å². The molecule has 4 rings (SSSR count). The van der Waals surface area contributed by atoms with Gasteiger partial charge in [-0.05, 0) is 29.5 Å². The van der Waals surface area contributed by atoms with E-state index in [1.165, 1.54) is 18.2 Å². The molecule has 0 saturated heterocycles. The predicted octanol–water partition coefficient (Wildman–Crippen LogP) is 1.55. The number of nitrogens with one attached hydrogen (secondary N) is 1. The van der Waals surface area contributed by atoms with E-state index in [0.717, 1.165) is 6.42 Å². The van der Waals surface area contributed by atoms with Crippen LogP contribution in [0.3, 0.4) is 0 Å². The van der Waals surface area contributed by atoms with Crippen molar-refractivity contribution in [1.82, 2.24) is 15.5 Å². The van der Waals surface area contributed by atoms with Crippen LogP contribution >= 0.6 is 0 Å². The van der Waals surface area contributed by atoms with Crippen LogP contribution in [0.2, 0.25) is 0 Å². The van der Waals surface area contributed by atoms with Gasteiger partial charge in [-0.2, -0.15) is 0 Å². The lowest BCUT2D eigenvalue weighted by Crippen LogP contribution is -2.29. The molecule has 1 amide bonds. The smallest absolute Gasteiger partial charge is 0.272 e. The number of hydrogen-bond donors (Lipinski definition) is 1. The maximum atomic E-state index is 12.2. The molecular formula is C16H15N3O2. The summed E-state index contributed by atoms with van der Waals surface area (Å²) in [7, 11) is 1.52. The van der Waals surface area contributed by atoms with Gasteiger partial charge in [-0.1, -0.05) is 24.3 Å². The number of ether oxygens (including phenoxy) is 1. The van der Waals surface area contributed by atoms with Gasteiger partial charge in [0.05, 0.1) is 7.11 Å². The van der Waals surface area contributed by atoms with Crippen molar-refractivity contribution in [2.45, 2.75) is 18.4 Å². The van der Waals surface area contributed by atoms with Crippen molar-refractivity contribution in [3.05, 3.63) is 53.2 Å². The maximum absolute atomic E-state index is 12.2. The van der Waals surface area contributed by atoms with Crippen molar-refractivity contribution < 1.29 is 9.53 Å². The van der Waals surface area contributed by atoms with E-state index < -0.39 is 0 Å². The third-order valence-electron chi connectivity index (χ3n) is 4.42. The van der Waals surface area contributed by atoms with Crippen molar-refractivity contribution in [2.75, 3.05) is 7.11 Å². The number of amides is 1. The molecule has 0 unspecified atom stereocenters. The highest BCUT2D eigenvalue weighted by Gasteiger charge is 2.56. The van der Waals surface area contributed by atoms with Crippen LogP contribution < -0.4 is 10.1 Å². The number of hydrogen-bond acceptors (Lipinski definition) is 4. The Balaban J connectivity index is 1.45. The Labute approximate surface area is 122 Å². The average Bonchev–Trinajstić information content (AvgIpc) is 3.04. The topological polar surface area (TPSA) is 64.1 Å². The average molecular weight is 281 g/mol. The van der Waals surface area contributed by atoms with Gasteiger partial charge in [0.2, 0.25) is 5.88 Å². The molecule has 0 radical (unpaired) electrons. The minimum Gasteiger partial charge on any atom is -0.480 e. The zero-order valence-electron chi connectivity index (χ0n) is 11.6. The second kappa shape index (κ2) is 4.55. The SMILES string of the molecule is COc1ccc(C(=O)N[C@@H]2[C@@H]3Cc4ccccc4[C@@H]32)nn1. The number of carbonyl (C=O) groups is 1. The Kier molecular flexibility index (Phi) is 2.67.